The van der Waals surface area contributed by atoms with Crippen molar-refractivity contribution in [3.8, 4) is 0 Å². The van der Waals surface area contributed by atoms with Gasteiger partial charge >= 0.3 is 0 Å². The minimum Gasteiger partial charge on any atom is -0.399 e. The Labute approximate surface area is 126 Å². The number of hydrogen-bond donors (Lipinski definition) is 3. The minimum absolute atomic E-state index is 0.212. The van der Waals surface area contributed by atoms with Crippen molar-refractivity contribution in [2.75, 3.05) is 12.3 Å². The number of amides is 1. The number of carbonyl (C=O) groups is 1. The summed E-state index contributed by atoms with van der Waals surface area (Å²) in [5.41, 5.74) is 6.34. The van der Waals surface area contributed by atoms with E-state index in [1.165, 1.54) is 12.1 Å². The summed E-state index contributed by atoms with van der Waals surface area (Å²) in [6, 6.07) is 3.02. The molecule has 5 nitrogen and oxygen atoms in total. The summed E-state index contributed by atoms with van der Waals surface area (Å²) < 4.78 is 0. The molecular formula is C13H14Cl2N4O. The van der Waals surface area contributed by atoms with Crippen LogP contribution >= 0.6 is 23.2 Å². The Hall–Kier alpha value is -1.72. The number of nitrogens with two attached hydrogens (primary N) is 1. The van der Waals surface area contributed by atoms with Crippen LogP contribution in [0.15, 0.2) is 24.5 Å². The fourth-order valence-electron chi connectivity index (χ4n) is 1.76. The number of nitrogens with one attached hydrogen (secondary N) is 2. The summed E-state index contributed by atoms with van der Waals surface area (Å²) >= 11 is 11.9. The smallest absolute Gasteiger partial charge is 0.252 e. The molecule has 0 bridgehead atoms. The van der Waals surface area contributed by atoms with E-state index in [0.717, 1.165) is 18.7 Å². The molecule has 0 radical (unpaired) electrons. The highest BCUT2D eigenvalue weighted by Gasteiger charge is 2.13. The van der Waals surface area contributed by atoms with Gasteiger partial charge in [0.15, 0.2) is 0 Å². The molecule has 0 fully saturated rings. The van der Waals surface area contributed by atoms with Crippen LogP contribution in [0.25, 0.3) is 0 Å². The molecule has 4 N–H and O–H groups in total. The number of nitrogens with zero attached hydrogens (tertiary/aromatic N) is 1. The van der Waals surface area contributed by atoms with Crippen molar-refractivity contribution in [3.63, 3.8) is 0 Å². The monoisotopic (exact) mass is 312 g/mol. The van der Waals surface area contributed by atoms with Gasteiger partial charge in [-0.25, -0.2) is 4.98 Å². The zero-order chi connectivity index (χ0) is 14.5. The normalized spacial score (nSPS) is 10.5. The lowest BCUT2D eigenvalue weighted by molar-refractivity contribution is 0.0953. The van der Waals surface area contributed by atoms with Gasteiger partial charge in [-0.05, 0) is 18.6 Å². The van der Waals surface area contributed by atoms with Gasteiger partial charge in [-0.3, -0.25) is 4.79 Å². The average molecular weight is 313 g/mol. The van der Waals surface area contributed by atoms with Crippen LogP contribution in [0.2, 0.25) is 10.0 Å². The summed E-state index contributed by atoms with van der Waals surface area (Å²) in [5, 5.41) is 3.26. The highest BCUT2D eigenvalue weighted by molar-refractivity contribution is 6.44. The minimum atomic E-state index is -0.288. The van der Waals surface area contributed by atoms with Crippen molar-refractivity contribution in [3.05, 3.63) is 46.0 Å². The summed E-state index contributed by atoms with van der Waals surface area (Å²) in [4.78, 5) is 19.1. The molecule has 0 aliphatic carbocycles. The Morgan fingerprint density at radius 1 is 1.40 bits per heavy atom. The number of rotatable bonds is 5. The SMILES string of the molecule is Nc1cc(Cl)c(Cl)c(C(=O)NCCCc2ncc[nH]2)c1. The molecule has 0 unspecified atom stereocenters. The summed E-state index contributed by atoms with van der Waals surface area (Å²) in [5.74, 6) is 0.605. The number of imidazole rings is 1. The van der Waals surface area contributed by atoms with E-state index < -0.39 is 0 Å². The number of aromatic amines is 1. The first-order valence-electron chi connectivity index (χ1n) is 6.09. The summed E-state index contributed by atoms with van der Waals surface area (Å²) in [6.45, 7) is 0.516. The Balaban J connectivity index is 1.89. The zero-order valence-electron chi connectivity index (χ0n) is 10.6. The highest BCUT2D eigenvalue weighted by Crippen LogP contribution is 2.28. The van der Waals surface area contributed by atoms with Gasteiger partial charge in [0.1, 0.15) is 5.82 Å². The van der Waals surface area contributed by atoms with Gasteiger partial charge in [-0.1, -0.05) is 23.2 Å². The summed E-state index contributed by atoms with van der Waals surface area (Å²) in [6.07, 6.45) is 5.00. The molecule has 1 heterocycles. The van der Waals surface area contributed by atoms with E-state index in [4.69, 9.17) is 28.9 Å². The Morgan fingerprint density at radius 3 is 2.90 bits per heavy atom. The number of carbonyl (C=O) groups excluding carboxylic acids is 1. The van der Waals surface area contributed by atoms with E-state index in [-0.39, 0.29) is 21.5 Å². The third-order valence-electron chi connectivity index (χ3n) is 2.73. The number of benzene rings is 1. The molecule has 1 amide bonds. The van der Waals surface area contributed by atoms with Crippen LogP contribution in [-0.4, -0.2) is 22.4 Å². The van der Waals surface area contributed by atoms with Crippen LogP contribution in [-0.2, 0) is 6.42 Å². The third-order valence-corrected chi connectivity index (χ3v) is 3.53. The van der Waals surface area contributed by atoms with Gasteiger partial charge in [0, 0.05) is 31.0 Å². The van der Waals surface area contributed by atoms with Gasteiger partial charge in [-0.2, -0.15) is 0 Å². The summed E-state index contributed by atoms with van der Waals surface area (Å²) in [7, 11) is 0. The van der Waals surface area contributed by atoms with Gasteiger partial charge in [-0.15, -0.1) is 0 Å². The molecule has 1 aromatic carbocycles. The largest absolute Gasteiger partial charge is 0.399 e. The van der Waals surface area contributed by atoms with Crippen molar-refractivity contribution in [1.29, 1.82) is 0 Å². The number of anilines is 1. The number of halogens is 2. The molecular weight excluding hydrogens is 299 g/mol. The maximum atomic E-state index is 12.0. The Bertz CT molecular complexity index is 599. The van der Waals surface area contributed by atoms with Gasteiger partial charge < -0.3 is 16.0 Å². The van der Waals surface area contributed by atoms with Gasteiger partial charge in [0.2, 0.25) is 0 Å². The van der Waals surface area contributed by atoms with E-state index in [1.54, 1.807) is 12.4 Å². The van der Waals surface area contributed by atoms with Crippen molar-refractivity contribution >= 4 is 34.8 Å². The molecule has 7 heteroatoms. The third kappa shape index (κ3) is 3.65. The highest BCUT2D eigenvalue weighted by atomic mass is 35.5. The van der Waals surface area contributed by atoms with Gasteiger partial charge in [0.05, 0.1) is 15.6 Å². The van der Waals surface area contributed by atoms with Crippen molar-refractivity contribution in [2.45, 2.75) is 12.8 Å². The number of hydrogen-bond acceptors (Lipinski definition) is 3. The molecule has 0 atom stereocenters. The van der Waals surface area contributed by atoms with Gasteiger partial charge in [0.25, 0.3) is 5.91 Å². The number of aryl methyl sites for hydroxylation is 1. The van der Waals surface area contributed by atoms with Crippen LogP contribution in [0.3, 0.4) is 0 Å². The molecule has 20 heavy (non-hydrogen) atoms. The molecule has 0 saturated carbocycles. The lowest BCUT2D eigenvalue weighted by Gasteiger charge is -2.08. The lowest BCUT2D eigenvalue weighted by atomic mass is 10.2. The topological polar surface area (TPSA) is 83.8 Å². The van der Waals surface area contributed by atoms with Crippen molar-refractivity contribution < 1.29 is 4.79 Å². The van der Waals surface area contributed by atoms with E-state index in [0.29, 0.717) is 12.2 Å². The molecule has 0 spiro atoms. The van der Waals surface area contributed by atoms with Crippen LogP contribution < -0.4 is 11.1 Å². The first-order valence-corrected chi connectivity index (χ1v) is 6.84. The maximum absolute atomic E-state index is 12.0. The van der Waals surface area contributed by atoms with Crippen LogP contribution in [0.1, 0.15) is 22.6 Å². The molecule has 0 aliphatic rings. The number of H-pyrrole nitrogens is 1. The molecule has 0 saturated heterocycles. The number of nitrogen functional groups attached to an aromatic ring is 1. The first-order chi connectivity index (χ1) is 9.58. The molecule has 2 rings (SSSR count). The lowest BCUT2D eigenvalue weighted by Crippen LogP contribution is -2.25. The van der Waals surface area contributed by atoms with Crippen molar-refractivity contribution in [2.24, 2.45) is 0 Å². The fourth-order valence-corrected chi connectivity index (χ4v) is 2.19. The maximum Gasteiger partial charge on any atom is 0.252 e. The Kier molecular flexibility index (Phi) is 4.87. The zero-order valence-corrected chi connectivity index (χ0v) is 12.1. The predicted octanol–water partition coefficient (Wildman–Crippen LogP) is 2.66. The van der Waals surface area contributed by atoms with Crippen LogP contribution in [0.4, 0.5) is 5.69 Å². The quantitative estimate of drug-likeness (QED) is 0.586. The Morgan fingerprint density at radius 2 is 2.20 bits per heavy atom. The predicted molar refractivity (Wildman–Crippen MR) is 80.1 cm³/mol. The van der Waals surface area contributed by atoms with E-state index >= 15 is 0 Å². The fraction of sp³-hybridized carbons (Fsp3) is 0.231. The standard InChI is InChI=1S/C13H14Cl2N4O/c14-10-7-8(16)6-9(12(10)15)13(20)19-3-1-2-11-17-4-5-18-11/h4-7H,1-3,16H2,(H,17,18)(H,19,20). The molecule has 0 aliphatic heterocycles. The van der Waals surface area contributed by atoms with Crippen LogP contribution in [0, 0.1) is 0 Å². The van der Waals surface area contributed by atoms with E-state index in [2.05, 4.69) is 15.3 Å². The molecule has 106 valence electrons. The van der Waals surface area contributed by atoms with E-state index in [9.17, 15) is 4.79 Å². The second-order valence-electron chi connectivity index (χ2n) is 4.26. The second-order valence-corrected chi connectivity index (χ2v) is 5.04. The number of aromatic nitrogens is 2. The van der Waals surface area contributed by atoms with Crippen LogP contribution in [0.5, 0.6) is 0 Å². The second kappa shape index (κ2) is 6.63. The molecule has 1 aromatic heterocycles. The van der Waals surface area contributed by atoms with Crippen molar-refractivity contribution in [1.82, 2.24) is 15.3 Å². The first kappa shape index (κ1) is 14.7. The molecule has 2 aromatic rings. The van der Waals surface area contributed by atoms with E-state index in [1.807, 2.05) is 0 Å². The average Bonchev–Trinajstić information content (AvgIpc) is 2.91.